The second-order valence-corrected chi connectivity index (χ2v) is 6.84. The van der Waals surface area contributed by atoms with Gasteiger partial charge in [0.05, 0.1) is 14.2 Å². The average molecular weight is 369 g/mol. The Morgan fingerprint density at radius 3 is 2.35 bits per heavy atom. The standard InChI is InChI=1S/C20H23N3O2S/c1-5-23-19(16-10-11-17(24-3)18(12-16)25-4)21-22-20(23)26-13-15-8-6-14(2)7-9-15/h6-12H,5,13H2,1-4H3. The van der Waals surface area contributed by atoms with E-state index in [0.29, 0.717) is 11.5 Å². The zero-order valence-corrected chi connectivity index (χ0v) is 16.3. The van der Waals surface area contributed by atoms with Crippen molar-refractivity contribution in [2.45, 2.75) is 31.3 Å². The van der Waals surface area contributed by atoms with Gasteiger partial charge in [0.15, 0.2) is 22.5 Å². The molecule has 0 amide bonds. The van der Waals surface area contributed by atoms with Crippen LogP contribution in [0.2, 0.25) is 0 Å². The van der Waals surface area contributed by atoms with Gasteiger partial charge >= 0.3 is 0 Å². The van der Waals surface area contributed by atoms with Crippen molar-refractivity contribution in [3.63, 3.8) is 0 Å². The Morgan fingerprint density at radius 2 is 1.69 bits per heavy atom. The maximum Gasteiger partial charge on any atom is 0.191 e. The van der Waals surface area contributed by atoms with Crippen LogP contribution in [0.3, 0.4) is 0 Å². The molecular weight excluding hydrogens is 346 g/mol. The Balaban J connectivity index is 1.85. The van der Waals surface area contributed by atoms with Crippen LogP contribution in [0.5, 0.6) is 11.5 Å². The van der Waals surface area contributed by atoms with Crippen LogP contribution < -0.4 is 9.47 Å². The summed E-state index contributed by atoms with van der Waals surface area (Å²) in [7, 11) is 3.26. The smallest absolute Gasteiger partial charge is 0.191 e. The number of benzene rings is 2. The molecule has 0 spiro atoms. The molecule has 2 aromatic carbocycles. The molecule has 0 bridgehead atoms. The summed E-state index contributed by atoms with van der Waals surface area (Å²) in [4.78, 5) is 0. The van der Waals surface area contributed by atoms with Gasteiger partial charge in [-0.15, -0.1) is 10.2 Å². The van der Waals surface area contributed by atoms with Crippen LogP contribution in [-0.4, -0.2) is 29.0 Å². The summed E-state index contributed by atoms with van der Waals surface area (Å²) in [5, 5.41) is 9.72. The van der Waals surface area contributed by atoms with E-state index in [-0.39, 0.29) is 0 Å². The first kappa shape index (κ1) is 18.3. The fourth-order valence-electron chi connectivity index (χ4n) is 2.70. The van der Waals surface area contributed by atoms with Gasteiger partial charge in [-0.3, -0.25) is 0 Å². The Kier molecular flexibility index (Phi) is 5.83. The van der Waals surface area contributed by atoms with Crippen LogP contribution in [0.25, 0.3) is 11.4 Å². The zero-order valence-electron chi connectivity index (χ0n) is 15.5. The topological polar surface area (TPSA) is 49.2 Å². The number of aryl methyl sites for hydroxylation is 1. The molecule has 3 aromatic rings. The van der Waals surface area contributed by atoms with Gasteiger partial charge in [0.1, 0.15) is 0 Å². The van der Waals surface area contributed by atoms with E-state index in [1.807, 2.05) is 18.2 Å². The number of methoxy groups -OCH3 is 2. The fourth-order valence-corrected chi connectivity index (χ4v) is 3.66. The molecule has 0 saturated heterocycles. The highest BCUT2D eigenvalue weighted by Gasteiger charge is 2.15. The molecule has 0 N–H and O–H groups in total. The summed E-state index contributed by atoms with van der Waals surface area (Å²) in [5.41, 5.74) is 3.50. The summed E-state index contributed by atoms with van der Waals surface area (Å²) in [6.45, 7) is 5.00. The third-order valence-electron chi connectivity index (χ3n) is 4.16. The van der Waals surface area contributed by atoms with Gasteiger partial charge in [-0.1, -0.05) is 41.6 Å². The summed E-state index contributed by atoms with van der Waals surface area (Å²) < 4.78 is 12.8. The predicted octanol–water partition coefficient (Wildman–Crippen LogP) is 4.58. The van der Waals surface area contributed by atoms with Crippen molar-refractivity contribution in [1.82, 2.24) is 14.8 Å². The van der Waals surface area contributed by atoms with E-state index in [1.54, 1.807) is 26.0 Å². The fraction of sp³-hybridized carbons (Fsp3) is 0.300. The second-order valence-electron chi connectivity index (χ2n) is 5.89. The Hall–Kier alpha value is -2.47. The van der Waals surface area contributed by atoms with Gasteiger partial charge in [0.2, 0.25) is 0 Å². The third-order valence-corrected chi connectivity index (χ3v) is 5.20. The Bertz CT molecular complexity index is 875. The molecule has 136 valence electrons. The number of aromatic nitrogens is 3. The van der Waals surface area contributed by atoms with E-state index in [1.165, 1.54) is 11.1 Å². The molecule has 0 unspecified atom stereocenters. The second kappa shape index (κ2) is 8.27. The number of hydrogen-bond donors (Lipinski definition) is 0. The monoisotopic (exact) mass is 369 g/mol. The highest BCUT2D eigenvalue weighted by Crippen LogP contribution is 2.33. The van der Waals surface area contributed by atoms with Gasteiger partial charge in [0.25, 0.3) is 0 Å². The van der Waals surface area contributed by atoms with E-state index in [9.17, 15) is 0 Å². The van der Waals surface area contributed by atoms with Gasteiger partial charge in [-0.25, -0.2) is 0 Å². The maximum atomic E-state index is 5.41. The summed E-state index contributed by atoms with van der Waals surface area (Å²) in [5.74, 6) is 3.09. The lowest BCUT2D eigenvalue weighted by Crippen LogP contribution is -2.00. The molecule has 0 aliphatic heterocycles. The number of rotatable bonds is 7. The SMILES string of the molecule is CCn1c(SCc2ccc(C)cc2)nnc1-c1ccc(OC)c(OC)c1. The van der Waals surface area contributed by atoms with Crippen molar-refractivity contribution in [2.75, 3.05) is 14.2 Å². The van der Waals surface area contributed by atoms with Gasteiger partial charge in [0, 0.05) is 17.9 Å². The van der Waals surface area contributed by atoms with E-state index >= 15 is 0 Å². The highest BCUT2D eigenvalue weighted by molar-refractivity contribution is 7.98. The lowest BCUT2D eigenvalue weighted by molar-refractivity contribution is 0.355. The molecule has 0 atom stereocenters. The van der Waals surface area contributed by atoms with Gasteiger partial charge in [-0.2, -0.15) is 0 Å². The number of nitrogens with zero attached hydrogens (tertiary/aromatic N) is 3. The molecular formula is C20H23N3O2S. The molecule has 5 nitrogen and oxygen atoms in total. The van der Waals surface area contributed by atoms with Crippen LogP contribution in [0.15, 0.2) is 47.6 Å². The first-order valence-corrected chi connectivity index (χ1v) is 9.48. The molecule has 0 fully saturated rings. The highest BCUT2D eigenvalue weighted by atomic mass is 32.2. The Labute approximate surface area is 158 Å². The largest absolute Gasteiger partial charge is 0.493 e. The van der Waals surface area contributed by atoms with E-state index in [2.05, 4.69) is 52.9 Å². The van der Waals surface area contributed by atoms with Crippen molar-refractivity contribution >= 4 is 11.8 Å². The van der Waals surface area contributed by atoms with E-state index < -0.39 is 0 Å². The van der Waals surface area contributed by atoms with Crippen LogP contribution in [0.1, 0.15) is 18.1 Å². The normalized spacial score (nSPS) is 10.8. The molecule has 26 heavy (non-hydrogen) atoms. The minimum absolute atomic E-state index is 0.685. The lowest BCUT2D eigenvalue weighted by Gasteiger charge is -2.11. The maximum absolute atomic E-state index is 5.41. The van der Waals surface area contributed by atoms with Crippen molar-refractivity contribution in [1.29, 1.82) is 0 Å². The number of thioether (sulfide) groups is 1. The van der Waals surface area contributed by atoms with Crippen LogP contribution >= 0.6 is 11.8 Å². The van der Waals surface area contributed by atoms with Gasteiger partial charge in [-0.05, 0) is 37.6 Å². The molecule has 0 radical (unpaired) electrons. The number of hydrogen-bond acceptors (Lipinski definition) is 5. The first-order valence-electron chi connectivity index (χ1n) is 8.50. The van der Waals surface area contributed by atoms with Crippen LogP contribution in [-0.2, 0) is 12.3 Å². The molecule has 0 aliphatic carbocycles. The molecule has 3 rings (SSSR count). The van der Waals surface area contributed by atoms with Crippen molar-refractivity contribution in [3.05, 3.63) is 53.6 Å². The quantitative estimate of drug-likeness (QED) is 0.571. The molecule has 1 heterocycles. The zero-order chi connectivity index (χ0) is 18.5. The van der Waals surface area contributed by atoms with Crippen LogP contribution in [0.4, 0.5) is 0 Å². The minimum atomic E-state index is 0.685. The molecule has 6 heteroatoms. The molecule has 0 aliphatic rings. The number of ether oxygens (including phenoxy) is 2. The summed E-state index contributed by atoms with van der Waals surface area (Å²) in [6.07, 6.45) is 0. The summed E-state index contributed by atoms with van der Waals surface area (Å²) >= 11 is 1.70. The minimum Gasteiger partial charge on any atom is -0.493 e. The third kappa shape index (κ3) is 3.85. The first-order chi connectivity index (χ1) is 12.7. The molecule has 1 aromatic heterocycles. The van der Waals surface area contributed by atoms with Crippen LogP contribution in [0, 0.1) is 6.92 Å². The lowest BCUT2D eigenvalue weighted by atomic mass is 10.2. The van der Waals surface area contributed by atoms with Gasteiger partial charge < -0.3 is 14.0 Å². The Morgan fingerprint density at radius 1 is 0.962 bits per heavy atom. The summed E-state index contributed by atoms with van der Waals surface area (Å²) in [6, 6.07) is 14.4. The van der Waals surface area contributed by atoms with E-state index in [4.69, 9.17) is 9.47 Å². The molecule has 0 saturated carbocycles. The van der Waals surface area contributed by atoms with Crippen molar-refractivity contribution in [2.24, 2.45) is 0 Å². The predicted molar refractivity (Wildman–Crippen MR) is 105 cm³/mol. The van der Waals surface area contributed by atoms with E-state index in [0.717, 1.165) is 28.8 Å². The van der Waals surface area contributed by atoms with Crippen molar-refractivity contribution < 1.29 is 9.47 Å². The average Bonchev–Trinajstić information content (AvgIpc) is 3.09. The van der Waals surface area contributed by atoms with Crippen molar-refractivity contribution in [3.8, 4) is 22.9 Å².